The molecule has 0 heterocycles. The van der Waals surface area contributed by atoms with E-state index < -0.39 is 26.5 Å². The standard InChI is InChI=1S/C88H138NO8P/c1-6-8-10-12-14-16-18-20-22-24-26-28-30-32-34-36-38-40-42-44-46-48-50-52-54-56-58-60-62-64-66-68-70-72-74-76-78-80-87(90)94-84-86(85-96-98(92,93)95-83-82-89(3,4)5)97-88(91)81-79-77-75-73-71-69-67-65-63-61-59-57-55-53-51-49-47-45-43-41-39-37-35-33-31-29-27-25-23-21-19-17-15-13-11-9-7-2/h8-11,14-17,20-23,26-29,32-35,38-41,44-47,50-53,57,59,63,65,69,71,86H,6-7,12-13,18-19,24-25,30-31,36-37,42-43,48-49,54-56,58,60-62,64,66-68,70,72-85H2,1-5H3/p+1/b10-8-,11-9-,16-14-,17-15-,22-20-,23-21-,28-26-,29-27-,34-32-,35-33-,40-38-,41-39-,46-44-,47-45-,52-50-,53-51-,59-57-,65-63-,71-69-. The van der Waals surface area contributed by atoms with Crippen molar-refractivity contribution in [3.8, 4) is 0 Å². The molecular weight excluding hydrogens is 1230 g/mol. The Hall–Kier alpha value is -5.93. The first-order valence-corrected chi connectivity index (χ1v) is 39.6. The second kappa shape index (κ2) is 75.3. The van der Waals surface area contributed by atoms with Crippen LogP contribution in [0.3, 0.4) is 0 Å². The molecule has 10 heteroatoms. The number of unbranched alkanes of at least 4 members (excludes halogenated alkanes) is 15. The Labute approximate surface area is 600 Å². The number of quaternary nitrogens is 1. The molecule has 0 aliphatic rings. The molecule has 548 valence electrons. The van der Waals surface area contributed by atoms with Crippen molar-refractivity contribution in [3.63, 3.8) is 0 Å². The summed E-state index contributed by atoms with van der Waals surface area (Å²) in [6, 6.07) is 0. The molecule has 0 aromatic carbocycles. The lowest BCUT2D eigenvalue weighted by molar-refractivity contribution is -0.870. The van der Waals surface area contributed by atoms with E-state index in [4.69, 9.17) is 18.5 Å². The molecule has 0 bridgehead atoms. The van der Waals surface area contributed by atoms with E-state index in [2.05, 4.69) is 245 Å². The van der Waals surface area contributed by atoms with Gasteiger partial charge in [0.2, 0.25) is 0 Å². The Kier molecular flexibility index (Phi) is 70.7. The monoisotopic (exact) mass is 1370 g/mol. The smallest absolute Gasteiger partial charge is 0.462 e. The largest absolute Gasteiger partial charge is 0.472 e. The van der Waals surface area contributed by atoms with Gasteiger partial charge < -0.3 is 18.9 Å². The van der Waals surface area contributed by atoms with Crippen LogP contribution in [-0.2, 0) is 32.7 Å². The fourth-order valence-electron chi connectivity index (χ4n) is 9.45. The number of ether oxygens (including phenoxy) is 2. The number of rotatable bonds is 67. The van der Waals surface area contributed by atoms with E-state index >= 15 is 0 Å². The first-order valence-electron chi connectivity index (χ1n) is 38.1. The highest BCUT2D eigenvalue weighted by molar-refractivity contribution is 7.47. The summed E-state index contributed by atoms with van der Waals surface area (Å²) in [6.45, 7) is 4.14. The third-order valence-electron chi connectivity index (χ3n) is 15.2. The fraction of sp³-hybridized carbons (Fsp3) is 0.545. The summed E-state index contributed by atoms with van der Waals surface area (Å²) in [5, 5.41) is 0. The molecule has 98 heavy (non-hydrogen) atoms. The van der Waals surface area contributed by atoms with Crippen molar-refractivity contribution < 1.29 is 42.1 Å². The molecule has 0 spiro atoms. The van der Waals surface area contributed by atoms with Crippen LogP contribution in [0.5, 0.6) is 0 Å². The summed E-state index contributed by atoms with van der Waals surface area (Å²) in [4.78, 5) is 35.9. The van der Waals surface area contributed by atoms with Gasteiger partial charge in [0.25, 0.3) is 0 Å². The molecule has 2 atom stereocenters. The third kappa shape index (κ3) is 79.1. The first-order chi connectivity index (χ1) is 48.0. The highest BCUT2D eigenvalue weighted by Crippen LogP contribution is 2.43. The molecule has 0 rings (SSSR count). The van der Waals surface area contributed by atoms with Crippen LogP contribution in [0.25, 0.3) is 0 Å². The van der Waals surface area contributed by atoms with Gasteiger partial charge in [0.15, 0.2) is 6.10 Å². The van der Waals surface area contributed by atoms with Gasteiger partial charge in [-0.05, 0) is 161 Å². The third-order valence-corrected chi connectivity index (χ3v) is 16.2. The number of likely N-dealkylation sites (N-methyl/N-ethyl adjacent to an activating group) is 1. The van der Waals surface area contributed by atoms with Crippen LogP contribution < -0.4 is 0 Å². The number of hydrogen-bond acceptors (Lipinski definition) is 7. The second-order valence-electron chi connectivity index (χ2n) is 25.6. The van der Waals surface area contributed by atoms with Crippen LogP contribution in [0.2, 0.25) is 0 Å². The van der Waals surface area contributed by atoms with Crippen LogP contribution in [0.1, 0.15) is 258 Å². The van der Waals surface area contributed by atoms with Gasteiger partial charge >= 0.3 is 19.8 Å². The van der Waals surface area contributed by atoms with Crippen LogP contribution >= 0.6 is 7.82 Å². The van der Waals surface area contributed by atoms with Crippen molar-refractivity contribution in [2.45, 2.75) is 264 Å². The summed E-state index contributed by atoms with van der Waals surface area (Å²) in [7, 11) is 1.42. The predicted octanol–water partition coefficient (Wildman–Crippen LogP) is 25.7. The van der Waals surface area contributed by atoms with Crippen molar-refractivity contribution in [2.75, 3.05) is 47.5 Å². The topological polar surface area (TPSA) is 108 Å². The van der Waals surface area contributed by atoms with Crippen LogP contribution in [-0.4, -0.2) is 74.9 Å². The van der Waals surface area contributed by atoms with Gasteiger partial charge in [-0.2, -0.15) is 0 Å². The molecule has 0 saturated heterocycles. The first kappa shape index (κ1) is 92.1. The minimum Gasteiger partial charge on any atom is -0.462 e. The van der Waals surface area contributed by atoms with E-state index in [0.29, 0.717) is 17.4 Å². The molecule has 0 fully saturated rings. The number of carbonyl (C=O) groups is 2. The molecule has 0 aliphatic carbocycles. The second-order valence-corrected chi connectivity index (χ2v) is 27.0. The van der Waals surface area contributed by atoms with Crippen molar-refractivity contribution in [3.05, 3.63) is 231 Å². The normalized spacial score (nSPS) is 14.4. The van der Waals surface area contributed by atoms with E-state index in [1.807, 2.05) is 21.1 Å². The number of phosphoric ester groups is 1. The SMILES string of the molecule is CC/C=C\C/C=C\C/C=C\C/C=C\C/C=C\C/C=C\C/C=C\C/C=C\C/C=C\C/C=C\C/C=C\CCCCCC(=O)OC(COC(=O)CCCCCCCCCCCCCC/C=C\C/C=C\C/C=C\C/C=C\C/C=C\C/C=C\C/C=C\C/C=C\CC)COP(=O)(O)OCC[N+](C)(C)C. The lowest BCUT2D eigenvalue weighted by Crippen LogP contribution is -2.37. The zero-order valence-electron chi connectivity index (χ0n) is 62.4. The Morgan fingerprint density at radius 1 is 0.316 bits per heavy atom. The summed E-state index contributed by atoms with van der Waals surface area (Å²) in [5.41, 5.74) is 0. The molecular formula is C88H139NO8P+. The van der Waals surface area contributed by atoms with Gasteiger partial charge in [0, 0.05) is 12.8 Å². The Bertz CT molecular complexity index is 2510. The number of nitrogens with zero attached hydrogens (tertiary/aromatic N) is 1. The Morgan fingerprint density at radius 2 is 0.551 bits per heavy atom. The fourth-order valence-corrected chi connectivity index (χ4v) is 10.2. The average Bonchev–Trinajstić information content (AvgIpc) is 1.08. The maximum atomic E-state index is 12.9. The molecule has 0 amide bonds. The Balaban J connectivity index is 4.18. The number of hydrogen-bond donors (Lipinski definition) is 1. The van der Waals surface area contributed by atoms with Crippen LogP contribution in [0.4, 0.5) is 0 Å². The molecule has 0 aromatic heterocycles. The van der Waals surface area contributed by atoms with E-state index in [-0.39, 0.29) is 32.0 Å². The summed E-state index contributed by atoms with van der Waals surface area (Å²) < 4.78 is 34.7. The molecule has 9 nitrogen and oxygen atoms in total. The van der Waals surface area contributed by atoms with Gasteiger partial charge in [-0.15, -0.1) is 0 Å². The molecule has 1 N–H and O–H groups in total. The average molecular weight is 1370 g/mol. The van der Waals surface area contributed by atoms with Gasteiger partial charge in [0.1, 0.15) is 19.8 Å². The van der Waals surface area contributed by atoms with Gasteiger partial charge in [-0.1, -0.05) is 315 Å². The van der Waals surface area contributed by atoms with E-state index in [1.54, 1.807) is 0 Å². The van der Waals surface area contributed by atoms with Crippen molar-refractivity contribution in [1.29, 1.82) is 0 Å². The maximum Gasteiger partial charge on any atom is 0.472 e. The number of esters is 2. The van der Waals surface area contributed by atoms with Gasteiger partial charge in [0.05, 0.1) is 27.7 Å². The summed E-state index contributed by atoms with van der Waals surface area (Å²) >= 11 is 0. The molecule has 0 aliphatic heterocycles. The van der Waals surface area contributed by atoms with E-state index in [9.17, 15) is 19.0 Å². The highest BCUT2D eigenvalue weighted by Gasteiger charge is 2.27. The minimum atomic E-state index is -4.42. The quantitative estimate of drug-likeness (QED) is 0.0211. The lowest BCUT2D eigenvalue weighted by Gasteiger charge is -2.24. The maximum absolute atomic E-state index is 12.9. The van der Waals surface area contributed by atoms with E-state index in [0.717, 1.165) is 173 Å². The van der Waals surface area contributed by atoms with Gasteiger partial charge in [-0.3, -0.25) is 18.6 Å². The zero-order valence-corrected chi connectivity index (χ0v) is 63.3. The molecule has 0 aromatic rings. The number of allylic oxidation sites excluding steroid dienone is 38. The predicted molar refractivity (Wildman–Crippen MR) is 426 cm³/mol. The lowest BCUT2D eigenvalue weighted by atomic mass is 10.0. The summed E-state index contributed by atoms with van der Waals surface area (Å²) in [6.07, 6.45) is 122. The van der Waals surface area contributed by atoms with Crippen molar-refractivity contribution in [1.82, 2.24) is 0 Å². The van der Waals surface area contributed by atoms with E-state index in [1.165, 1.54) is 51.4 Å². The number of phosphoric acid groups is 1. The summed E-state index contributed by atoms with van der Waals surface area (Å²) in [5.74, 6) is -0.854. The van der Waals surface area contributed by atoms with Gasteiger partial charge in [-0.25, -0.2) is 4.57 Å². The van der Waals surface area contributed by atoms with Crippen molar-refractivity contribution >= 4 is 19.8 Å². The minimum absolute atomic E-state index is 0.0123. The Morgan fingerprint density at radius 3 is 0.827 bits per heavy atom. The molecule has 0 radical (unpaired) electrons. The van der Waals surface area contributed by atoms with Crippen LogP contribution in [0, 0.1) is 0 Å². The van der Waals surface area contributed by atoms with Crippen molar-refractivity contribution in [2.24, 2.45) is 0 Å². The molecule has 2 unspecified atom stereocenters. The van der Waals surface area contributed by atoms with Crippen LogP contribution in [0.15, 0.2) is 231 Å². The zero-order chi connectivity index (χ0) is 71.1. The number of carbonyl (C=O) groups excluding carboxylic acids is 2. The molecule has 0 saturated carbocycles. The highest BCUT2D eigenvalue weighted by atomic mass is 31.2.